The van der Waals surface area contributed by atoms with Gasteiger partial charge in [0.25, 0.3) is 0 Å². The van der Waals surface area contributed by atoms with E-state index in [-0.39, 0.29) is 13.1 Å². The molecule has 0 aromatic heterocycles. The average Bonchev–Trinajstić information content (AvgIpc) is 2.52. The molecule has 0 saturated carbocycles. The van der Waals surface area contributed by atoms with Crippen LogP contribution in [0.4, 0.5) is 0 Å². The largest absolute Gasteiger partial charge is 0.480 e. The maximum atomic E-state index is 11.4. The summed E-state index contributed by atoms with van der Waals surface area (Å²) in [4.78, 5) is 38.5. The molecule has 1 aliphatic rings. The molecule has 0 aliphatic carbocycles. The van der Waals surface area contributed by atoms with Crippen LogP contribution in [0.5, 0.6) is 0 Å². The highest BCUT2D eigenvalue weighted by Crippen LogP contribution is 2.08. The summed E-state index contributed by atoms with van der Waals surface area (Å²) in [6, 6.07) is -0.647. The second kappa shape index (κ2) is 9.43. The first-order chi connectivity index (χ1) is 10.8. The predicted octanol–water partition coefficient (Wildman–Crippen LogP) is -1.06. The second-order valence-corrected chi connectivity index (χ2v) is 5.64. The van der Waals surface area contributed by atoms with Crippen molar-refractivity contribution < 1.29 is 29.7 Å². The van der Waals surface area contributed by atoms with Crippen LogP contribution in [0.1, 0.15) is 13.3 Å². The summed E-state index contributed by atoms with van der Waals surface area (Å²) in [6.45, 7) is 4.16. The van der Waals surface area contributed by atoms with Crippen LogP contribution in [0.2, 0.25) is 0 Å². The van der Waals surface area contributed by atoms with Crippen molar-refractivity contribution in [2.45, 2.75) is 19.4 Å². The summed E-state index contributed by atoms with van der Waals surface area (Å²) in [5.41, 5.74) is 0. The molecule has 9 nitrogen and oxygen atoms in total. The summed E-state index contributed by atoms with van der Waals surface area (Å²) in [5.74, 6) is -2.82. The van der Waals surface area contributed by atoms with Crippen LogP contribution in [0.15, 0.2) is 0 Å². The zero-order chi connectivity index (χ0) is 17.4. The van der Waals surface area contributed by atoms with E-state index in [1.165, 1.54) is 0 Å². The fourth-order valence-corrected chi connectivity index (χ4v) is 2.76. The third kappa shape index (κ3) is 6.93. The molecule has 1 unspecified atom stereocenters. The monoisotopic (exact) mass is 331 g/mol. The van der Waals surface area contributed by atoms with E-state index >= 15 is 0 Å². The maximum Gasteiger partial charge on any atom is 0.320 e. The fraction of sp³-hybridized carbons (Fsp3) is 0.786. The molecule has 1 fully saturated rings. The van der Waals surface area contributed by atoms with Gasteiger partial charge in [0.15, 0.2) is 0 Å². The lowest BCUT2D eigenvalue weighted by atomic mass is 10.2. The minimum atomic E-state index is -0.953. The minimum Gasteiger partial charge on any atom is -0.480 e. The Hall–Kier alpha value is -1.71. The van der Waals surface area contributed by atoms with Crippen LogP contribution in [-0.2, 0) is 14.4 Å². The van der Waals surface area contributed by atoms with Gasteiger partial charge >= 0.3 is 17.9 Å². The Bertz CT molecular complexity index is 403. The summed E-state index contributed by atoms with van der Waals surface area (Å²) in [5, 5.41) is 27.2. The lowest BCUT2D eigenvalue weighted by Crippen LogP contribution is -2.46. The number of nitrogens with zero attached hydrogens (tertiary/aromatic N) is 3. The highest BCUT2D eigenvalue weighted by molar-refractivity contribution is 5.73. The molecule has 1 aliphatic heterocycles. The van der Waals surface area contributed by atoms with Crippen LogP contribution < -0.4 is 0 Å². The van der Waals surface area contributed by atoms with Crippen LogP contribution in [0.25, 0.3) is 0 Å². The van der Waals surface area contributed by atoms with Gasteiger partial charge in [0, 0.05) is 39.3 Å². The molecule has 0 spiro atoms. The van der Waals surface area contributed by atoms with Crippen LogP contribution in [0.3, 0.4) is 0 Å². The minimum absolute atomic E-state index is 0.140. The molecule has 0 aromatic rings. The zero-order valence-corrected chi connectivity index (χ0v) is 13.3. The molecular formula is C14H25N3O6. The molecule has 0 amide bonds. The summed E-state index contributed by atoms with van der Waals surface area (Å²) in [6.07, 6.45) is 0.438. The van der Waals surface area contributed by atoms with Crippen LogP contribution >= 0.6 is 0 Å². The first-order valence-corrected chi connectivity index (χ1v) is 7.68. The lowest BCUT2D eigenvalue weighted by molar-refractivity contribution is -0.144. The Kier molecular flexibility index (Phi) is 7.93. The topological polar surface area (TPSA) is 122 Å². The molecule has 132 valence electrons. The molecule has 1 heterocycles. The van der Waals surface area contributed by atoms with Gasteiger partial charge in [-0.05, 0) is 6.42 Å². The van der Waals surface area contributed by atoms with Crippen molar-refractivity contribution in [2.75, 3.05) is 52.4 Å². The maximum absolute atomic E-state index is 11.4. The molecule has 3 N–H and O–H groups in total. The standard InChI is InChI=1S/C14H25N3O6/c1-2-11(14(22)23)17-7-5-15(9-12(18)19)3-4-16(6-8-17)10-13(20)21/h11H,2-10H2,1H3,(H,18,19)(H,20,21)(H,22,23). The van der Waals surface area contributed by atoms with E-state index in [2.05, 4.69) is 0 Å². The van der Waals surface area contributed by atoms with Crippen molar-refractivity contribution in [3.63, 3.8) is 0 Å². The molecule has 0 radical (unpaired) electrons. The average molecular weight is 331 g/mol. The van der Waals surface area contributed by atoms with Crippen molar-refractivity contribution in [2.24, 2.45) is 0 Å². The SMILES string of the molecule is CCC(C(=O)O)N1CCN(CC(=O)O)CCN(CC(=O)O)CC1. The van der Waals surface area contributed by atoms with Gasteiger partial charge in [-0.25, -0.2) is 0 Å². The van der Waals surface area contributed by atoms with Crippen molar-refractivity contribution in [1.29, 1.82) is 0 Å². The van der Waals surface area contributed by atoms with E-state index < -0.39 is 23.9 Å². The Balaban J connectivity index is 2.84. The van der Waals surface area contributed by atoms with E-state index in [0.717, 1.165) is 0 Å². The summed E-state index contributed by atoms with van der Waals surface area (Å²) >= 11 is 0. The molecule has 1 saturated heterocycles. The van der Waals surface area contributed by atoms with Gasteiger partial charge < -0.3 is 15.3 Å². The number of aliphatic carboxylic acids is 3. The molecule has 9 heteroatoms. The molecule has 1 atom stereocenters. The number of hydrogen-bond acceptors (Lipinski definition) is 6. The Morgan fingerprint density at radius 2 is 1.22 bits per heavy atom. The first kappa shape index (κ1) is 19.3. The molecule has 0 bridgehead atoms. The number of carboxylic acid groups (broad SMARTS) is 3. The Morgan fingerprint density at radius 3 is 1.52 bits per heavy atom. The molecule has 23 heavy (non-hydrogen) atoms. The first-order valence-electron chi connectivity index (χ1n) is 7.68. The van der Waals surface area contributed by atoms with E-state index in [1.54, 1.807) is 21.6 Å². The molecule has 1 rings (SSSR count). The predicted molar refractivity (Wildman–Crippen MR) is 81.4 cm³/mol. The third-order valence-electron chi connectivity index (χ3n) is 3.97. The van der Waals surface area contributed by atoms with E-state index in [4.69, 9.17) is 10.2 Å². The van der Waals surface area contributed by atoms with Gasteiger partial charge in [-0.2, -0.15) is 0 Å². The lowest BCUT2D eigenvalue weighted by Gasteiger charge is -2.29. The molecular weight excluding hydrogens is 306 g/mol. The smallest absolute Gasteiger partial charge is 0.320 e. The van der Waals surface area contributed by atoms with Crippen molar-refractivity contribution >= 4 is 17.9 Å². The number of carboxylic acids is 3. The van der Waals surface area contributed by atoms with E-state index in [0.29, 0.717) is 45.7 Å². The quantitative estimate of drug-likeness (QED) is 0.536. The number of carbonyl (C=O) groups is 3. The Morgan fingerprint density at radius 1 is 0.826 bits per heavy atom. The van der Waals surface area contributed by atoms with Gasteiger partial charge in [-0.3, -0.25) is 29.1 Å². The van der Waals surface area contributed by atoms with Crippen molar-refractivity contribution in [3.8, 4) is 0 Å². The Labute approximate surface area is 135 Å². The summed E-state index contributed by atoms with van der Waals surface area (Å²) < 4.78 is 0. The highest BCUT2D eigenvalue weighted by Gasteiger charge is 2.26. The summed E-state index contributed by atoms with van der Waals surface area (Å²) in [7, 11) is 0. The highest BCUT2D eigenvalue weighted by atomic mass is 16.4. The normalized spacial score (nSPS) is 20.2. The zero-order valence-electron chi connectivity index (χ0n) is 13.3. The number of hydrogen-bond donors (Lipinski definition) is 3. The van der Waals surface area contributed by atoms with Crippen molar-refractivity contribution in [1.82, 2.24) is 14.7 Å². The van der Waals surface area contributed by atoms with Gasteiger partial charge in [0.1, 0.15) is 6.04 Å². The van der Waals surface area contributed by atoms with E-state index in [1.807, 2.05) is 0 Å². The van der Waals surface area contributed by atoms with Crippen LogP contribution in [0, 0.1) is 0 Å². The van der Waals surface area contributed by atoms with E-state index in [9.17, 15) is 19.5 Å². The van der Waals surface area contributed by atoms with Gasteiger partial charge in [-0.15, -0.1) is 0 Å². The third-order valence-corrected chi connectivity index (χ3v) is 3.97. The molecule has 0 aromatic carbocycles. The van der Waals surface area contributed by atoms with Crippen molar-refractivity contribution in [3.05, 3.63) is 0 Å². The second-order valence-electron chi connectivity index (χ2n) is 5.64. The van der Waals surface area contributed by atoms with Crippen LogP contribution in [-0.4, -0.2) is 106 Å². The van der Waals surface area contributed by atoms with Gasteiger partial charge in [0.2, 0.25) is 0 Å². The number of rotatable bonds is 7. The van der Waals surface area contributed by atoms with Gasteiger partial charge in [0.05, 0.1) is 13.1 Å². The van der Waals surface area contributed by atoms with Gasteiger partial charge in [-0.1, -0.05) is 6.92 Å². The fourth-order valence-electron chi connectivity index (χ4n) is 2.76.